The van der Waals surface area contributed by atoms with Crippen LogP contribution < -0.4 is 0 Å². The Balaban J connectivity index is 0.000000181. The Morgan fingerprint density at radius 2 is 0.321 bits per heavy atom. The zero-order valence-electron chi connectivity index (χ0n) is 59.6. The van der Waals surface area contributed by atoms with E-state index < -0.39 is 58.4 Å². The summed E-state index contributed by atoms with van der Waals surface area (Å²) in [7, 11) is 0. The number of rotatable bonds is 12. The number of hydrogen-bond donors (Lipinski definition) is 4. The topological polar surface area (TPSA) is 118 Å². The molecule has 16 aromatic rings. The SMILES string of the molecule is C.CC1(C)O[C@H](C(O)(c2ccc3ccccc3c2)c2ccc3ccccc3c2)[C@@H](C(O)(c2ccc3ccccc3c2)c2ccc3ccccc3c2)O1.CC1(C)O[C@H](C(O)(c2ccc3ccccc3c2)c2ccc3ccccc3c2)[C@@H](C(O)(c2ccc3ccccc3c2)c2ccc3ccccc3c2)O1.[CH3-].[CH3-].[Ti+2]. The van der Waals surface area contributed by atoms with Crippen molar-refractivity contribution >= 4 is 86.2 Å². The molecule has 0 bridgehead atoms. The van der Waals surface area contributed by atoms with Crippen LogP contribution in [0, 0.1) is 14.9 Å². The van der Waals surface area contributed by atoms with Gasteiger partial charge < -0.3 is 54.2 Å². The molecule has 16 aromatic carbocycles. The normalized spacial score (nSPS) is 17.1. The Morgan fingerprint density at radius 3 is 0.443 bits per heavy atom. The Kier molecular flexibility index (Phi) is 20.4. The second-order valence-corrected chi connectivity index (χ2v) is 28.5. The van der Waals surface area contributed by atoms with Crippen LogP contribution in [0.25, 0.3) is 86.2 Å². The first-order chi connectivity index (χ1) is 49.4. The second kappa shape index (κ2) is 29.0. The summed E-state index contributed by atoms with van der Waals surface area (Å²) >= 11 is 0. The van der Waals surface area contributed by atoms with Gasteiger partial charge >= 0.3 is 21.7 Å². The minimum Gasteiger partial charge on any atom is -0.378 e. The summed E-state index contributed by atoms with van der Waals surface area (Å²) in [4.78, 5) is 0. The number of fused-ring (bicyclic) bond motifs is 8. The van der Waals surface area contributed by atoms with Crippen molar-refractivity contribution in [1.29, 1.82) is 0 Å². The molecule has 8 nitrogen and oxygen atoms in total. The van der Waals surface area contributed by atoms with Gasteiger partial charge in [0.05, 0.1) is 0 Å². The van der Waals surface area contributed by atoms with Crippen molar-refractivity contribution in [3.05, 3.63) is 399 Å². The number of hydrogen-bond acceptors (Lipinski definition) is 8. The predicted octanol–water partition coefficient (Wildman–Crippen LogP) is 21.5. The molecule has 2 aliphatic rings. The van der Waals surface area contributed by atoms with E-state index >= 15 is 0 Å². The monoisotopic (exact) mass is 1430 g/mol. The fraction of sp³-hybridized carbons (Fsp3) is 0.155. The van der Waals surface area contributed by atoms with Crippen molar-refractivity contribution < 1.29 is 61.1 Å². The van der Waals surface area contributed by atoms with Gasteiger partial charge in [-0.1, -0.05) is 299 Å². The molecular weight excluding hydrogens is 1340 g/mol. The minimum absolute atomic E-state index is 0. The minimum atomic E-state index is -1.76. The van der Waals surface area contributed by atoms with E-state index in [1.165, 1.54) is 0 Å². The molecule has 4 N–H and O–H groups in total. The molecule has 2 saturated heterocycles. The smallest absolute Gasteiger partial charge is 0.378 e. The maximum absolute atomic E-state index is 13.7. The summed E-state index contributed by atoms with van der Waals surface area (Å²) in [5.41, 5.74) is -1.86. The molecule has 106 heavy (non-hydrogen) atoms. The standard InChI is InChI=1S/2C47H38O4.CH4.2CH3.Ti/c2*1-45(2)50-43(46(48,39-23-19-31-11-3-7-15-35(31)27-39)40-24-20-32-12-4-8-16-36(32)28-40)44(51-45)47(49,41-25-21-33-13-5-9-17-37(33)29-41)42-26-22-34-14-6-10-18-38(34)30-42;;;;/h2*3-30,43-44,48-49H,1-2H3;1H4;2*1H3;/q;;;2*-1;+2/t2*43-,44-;;;;/m00..../s1. The molecule has 9 heteroatoms. The van der Waals surface area contributed by atoms with E-state index in [1.54, 1.807) is 0 Å². The average Bonchev–Trinajstić information content (AvgIpc) is 1.45. The van der Waals surface area contributed by atoms with Crippen LogP contribution in [0.15, 0.2) is 340 Å². The summed E-state index contributed by atoms with van der Waals surface area (Å²) in [6.45, 7) is 7.40. The van der Waals surface area contributed by atoms with E-state index in [2.05, 4.69) is 48.5 Å². The Labute approximate surface area is 635 Å². The van der Waals surface area contributed by atoms with E-state index in [1.807, 2.05) is 319 Å². The first kappa shape index (κ1) is 74.3. The second-order valence-electron chi connectivity index (χ2n) is 28.5. The first-order valence-electron chi connectivity index (χ1n) is 35.0. The van der Waals surface area contributed by atoms with Gasteiger partial charge in [-0.3, -0.25) is 0 Å². The van der Waals surface area contributed by atoms with Crippen LogP contribution in [0.5, 0.6) is 0 Å². The molecule has 0 amide bonds. The van der Waals surface area contributed by atoms with E-state index in [0.717, 1.165) is 86.2 Å². The van der Waals surface area contributed by atoms with Crippen molar-refractivity contribution in [3.63, 3.8) is 0 Å². The van der Waals surface area contributed by atoms with E-state index in [0.29, 0.717) is 44.5 Å². The summed E-state index contributed by atoms with van der Waals surface area (Å²) in [5.74, 6) is -2.31. The van der Waals surface area contributed by atoms with Crippen molar-refractivity contribution in [2.45, 2.75) is 93.5 Å². The number of benzene rings is 16. The predicted molar refractivity (Wildman–Crippen MR) is 431 cm³/mol. The molecule has 0 radical (unpaired) electrons. The molecule has 0 saturated carbocycles. The van der Waals surface area contributed by atoms with Gasteiger partial charge in [0.2, 0.25) is 0 Å². The van der Waals surface area contributed by atoms with Crippen molar-refractivity contribution in [2.75, 3.05) is 0 Å². The van der Waals surface area contributed by atoms with Gasteiger partial charge in [0, 0.05) is 0 Å². The number of aliphatic hydroxyl groups is 4. The van der Waals surface area contributed by atoms with Crippen LogP contribution in [0.4, 0.5) is 0 Å². The van der Waals surface area contributed by atoms with Gasteiger partial charge in [-0.05, 0) is 207 Å². The molecule has 526 valence electrons. The molecule has 2 heterocycles. The molecule has 4 atom stereocenters. The molecule has 2 aliphatic heterocycles. The zero-order chi connectivity index (χ0) is 69.6. The summed E-state index contributed by atoms with van der Waals surface area (Å²) in [6.07, 6.45) is -4.23. The summed E-state index contributed by atoms with van der Waals surface area (Å²) < 4.78 is 27.6. The van der Waals surface area contributed by atoms with Crippen LogP contribution >= 0.6 is 0 Å². The van der Waals surface area contributed by atoms with Crippen LogP contribution in [-0.4, -0.2) is 56.4 Å². The molecular formula is C97H86O8Ti. The first-order valence-corrected chi connectivity index (χ1v) is 35.0. The van der Waals surface area contributed by atoms with E-state index in [-0.39, 0.29) is 44.0 Å². The largest absolute Gasteiger partial charge is 2.00 e. The third-order valence-corrected chi connectivity index (χ3v) is 21.4. The molecule has 0 aromatic heterocycles. The Hall–Kier alpha value is -10.0. The van der Waals surface area contributed by atoms with Gasteiger partial charge in [0.25, 0.3) is 0 Å². The van der Waals surface area contributed by atoms with E-state index in [4.69, 9.17) is 18.9 Å². The fourth-order valence-electron chi connectivity index (χ4n) is 16.1. The van der Waals surface area contributed by atoms with Gasteiger partial charge in [-0.15, -0.1) is 0 Å². The number of ether oxygens (including phenoxy) is 4. The van der Waals surface area contributed by atoms with Crippen molar-refractivity contribution in [3.8, 4) is 0 Å². The maximum atomic E-state index is 13.7. The Morgan fingerprint density at radius 1 is 0.208 bits per heavy atom. The van der Waals surface area contributed by atoms with Gasteiger partial charge in [-0.2, -0.15) is 0 Å². The molecule has 18 rings (SSSR count). The van der Waals surface area contributed by atoms with Crippen LogP contribution in [0.1, 0.15) is 79.6 Å². The third kappa shape index (κ3) is 13.0. The average molecular weight is 1430 g/mol. The van der Waals surface area contributed by atoms with Gasteiger partial charge in [0.15, 0.2) is 11.6 Å². The maximum Gasteiger partial charge on any atom is 2.00 e. The van der Waals surface area contributed by atoms with Crippen LogP contribution in [0.2, 0.25) is 0 Å². The molecule has 0 spiro atoms. The molecule has 0 unspecified atom stereocenters. The molecule has 2 fully saturated rings. The van der Waals surface area contributed by atoms with Gasteiger partial charge in [-0.25, -0.2) is 0 Å². The zero-order valence-corrected chi connectivity index (χ0v) is 61.1. The Bertz CT molecular complexity index is 4870. The fourth-order valence-corrected chi connectivity index (χ4v) is 16.1. The van der Waals surface area contributed by atoms with Gasteiger partial charge in [0.1, 0.15) is 46.8 Å². The summed E-state index contributed by atoms with van der Waals surface area (Å²) in [5, 5.41) is 71.0. The van der Waals surface area contributed by atoms with Crippen LogP contribution in [0.3, 0.4) is 0 Å². The van der Waals surface area contributed by atoms with E-state index in [9.17, 15) is 20.4 Å². The summed E-state index contributed by atoms with van der Waals surface area (Å²) in [6, 6.07) is 113. The molecule has 0 aliphatic carbocycles. The quantitative estimate of drug-likeness (QED) is 0.0706. The van der Waals surface area contributed by atoms with Crippen molar-refractivity contribution in [1.82, 2.24) is 0 Å². The van der Waals surface area contributed by atoms with Crippen molar-refractivity contribution in [2.24, 2.45) is 0 Å². The van der Waals surface area contributed by atoms with Crippen LogP contribution in [-0.2, 0) is 63.1 Å². The third-order valence-electron chi connectivity index (χ3n) is 21.4.